The number of morpholine rings is 1. The van der Waals surface area contributed by atoms with E-state index < -0.39 is 0 Å². The average Bonchev–Trinajstić information content (AvgIpc) is 2.81. The Morgan fingerprint density at radius 1 is 1.38 bits per heavy atom. The molecule has 4 heterocycles. The van der Waals surface area contributed by atoms with Gasteiger partial charge in [-0.05, 0) is 6.92 Å². The van der Waals surface area contributed by atoms with Crippen molar-refractivity contribution in [2.24, 2.45) is 0 Å². The Labute approximate surface area is 122 Å². The van der Waals surface area contributed by atoms with Gasteiger partial charge in [0.15, 0.2) is 0 Å². The third-order valence-electron chi connectivity index (χ3n) is 4.38. The summed E-state index contributed by atoms with van der Waals surface area (Å²) in [6, 6.07) is 0.385. The average molecular weight is 293 g/mol. The molecule has 0 spiro atoms. The lowest BCUT2D eigenvalue weighted by Gasteiger charge is -2.30. The van der Waals surface area contributed by atoms with Crippen LogP contribution in [0.1, 0.15) is 18.2 Å². The third-order valence-corrected chi connectivity index (χ3v) is 4.38. The van der Waals surface area contributed by atoms with Gasteiger partial charge in [-0.25, -0.2) is 0 Å². The Morgan fingerprint density at radius 3 is 3.00 bits per heavy atom. The summed E-state index contributed by atoms with van der Waals surface area (Å²) in [5.74, 6) is 0. The number of aryl methyl sites for hydroxylation is 1. The molecule has 3 aliphatic rings. The smallest absolute Gasteiger partial charge is 0.302 e. The van der Waals surface area contributed by atoms with E-state index in [0.717, 1.165) is 39.3 Å². The van der Waals surface area contributed by atoms with Crippen LogP contribution in [-0.4, -0.2) is 59.5 Å². The van der Waals surface area contributed by atoms with Gasteiger partial charge in [0, 0.05) is 37.8 Å². The van der Waals surface area contributed by atoms with E-state index >= 15 is 0 Å². The lowest BCUT2D eigenvalue weighted by Crippen LogP contribution is -2.44. The standard InChI is InChI=1S/C14H19N3O4/c1-9-7-17-12-6-10(21-14(17)15-13(9)18)11(20-12)8-16-2-4-19-5-3-16/h7,10-12H,2-6,8H2,1H3/t10-,11+,12-/m0/s1. The lowest BCUT2D eigenvalue weighted by molar-refractivity contribution is -0.0349. The van der Waals surface area contributed by atoms with E-state index in [4.69, 9.17) is 14.2 Å². The molecule has 114 valence electrons. The van der Waals surface area contributed by atoms with E-state index in [1.54, 1.807) is 13.1 Å². The molecule has 2 saturated heterocycles. The molecular weight excluding hydrogens is 274 g/mol. The van der Waals surface area contributed by atoms with Crippen molar-refractivity contribution in [1.82, 2.24) is 14.5 Å². The molecule has 0 amide bonds. The van der Waals surface area contributed by atoms with Gasteiger partial charge < -0.3 is 14.2 Å². The van der Waals surface area contributed by atoms with Crippen LogP contribution in [0.2, 0.25) is 0 Å². The molecule has 0 radical (unpaired) electrons. The molecule has 1 aromatic heterocycles. The van der Waals surface area contributed by atoms with Crippen LogP contribution in [0.15, 0.2) is 11.0 Å². The number of fused-ring (bicyclic) bond motifs is 4. The number of hydrogen-bond acceptors (Lipinski definition) is 6. The predicted molar refractivity (Wildman–Crippen MR) is 73.4 cm³/mol. The summed E-state index contributed by atoms with van der Waals surface area (Å²) in [6.45, 7) is 6.00. The van der Waals surface area contributed by atoms with Crippen molar-refractivity contribution in [2.75, 3.05) is 32.8 Å². The highest BCUT2D eigenvalue weighted by Gasteiger charge is 2.43. The van der Waals surface area contributed by atoms with Crippen molar-refractivity contribution in [2.45, 2.75) is 31.8 Å². The van der Waals surface area contributed by atoms with Crippen LogP contribution in [0.5, 0.6) is 6.01 Å². The summed E-state index contributed by atoms with van der Waals surface area (Å²) in [7, 11) is 0. The van der Waals surface area contributed by atoms with Gasteiger partial charge in [0.1, 0.15) is 18.4 Å². The fraction of sp³-hybridized carbons (Fsp3) is 0.714. The Hall–Kier alpha value is -1.44. The Bertz CT molecular complexity index is 596. The van der Waals surface area contributed by atoms with E-state index in [2.05, 4.69) is 9.88 Å². The van der Waals surface area contributed by atoms with Crippen LogP contribution in [0.25, 0.3) is 0 Å². The van der Waals surface area contributed by atoms with Crippen LogP contribution < -0.4 is 10.3 Å². The predicted octanol–water partition coefficient (Wildman–Crippen LogP) is -0.0676. The highest BCUT2D eigenvalue weighted by Crippen LogP contribution is 2.38. The zero-order valence-corrected chi connectivity index (χ0v) is 12.0. The molecule has 4 rings (SSSR count). The summed E-state index contributed by atoms with van der Waals surface area (Å²) in [6.07, 6.45) is 2.52. The second kappa shape index (κ2) is 5.08. The van der Waals surface area contributed by atoms with Gasteiger partial charge in [-0.2, -0.15) is 4.98 Å². The summed E-state index contributed by atoms with van der Waals surface area (Å²) >= 11 is 0. The number of nitrogens with zero attached hydrogens (tertiary/aromatic N) is 3. The van der Waals surface area contributed by atoms with Crippen molar-refractivity contribution < 1.29 is 14.2 Å². The fourth-order valence-electron chi connectivity index (χ4n) is 3.18. The highest BCUT2D eigenvalue weighted by atomic mass is 16.6. The van der Waals surface area contributed by atoms with Gasteiger partial charge in [-0.1, -0.05) is 0 Å². The first-order valence-electron chi connectivity index (χ1n) is 7.43. The molecule has 7 heteroatoms. The highest BCUT2D eigenvalue weighted by molar-refractivity contribution is 5.13. The monoisotopic (exact) mass is 293 g/mol. The summed E-state index contributed by atoms with van der Waals surface area (Å²) in [5, 5.41) is 0. The Morgan fingerprint density at radius 2 is 2.19 bits per heavy atom. The van der Waals surface area contributed by atoms with Gasteiger partial charge in [-0.3, -0.25) is 14.3 Å². The Balaban J connectivity index is 1.52. The summed E-state index contributed by atoms with van der Waals surface area (Å²) < 4.78 is 19.2. The molecule has 0 aliphatic carbocycles. The first kappa shape index (κ1) is 13.2. The van der Waals surface area contributed by atoms with Crippen molar-refractivity contribution in [3.8, 4) is 6.01 Å². The maximum atomic E-state index is 11.7. The molecule has 3 atom stereocenters. The quantitative estimate of drug-likeness (QED) is 0.760. The van der Waals surface area contributed by atoms with Crippen LogP contribution in [0, 0.1) is 6.92 Å². The fourth-order valence-corrected chi connectivity index (χ4v) is 3.18. The van der Waals surface area contributed by atoms with E-state index in [-0.39, 0.29) is 24.0 Å². The molecule has 3 aliphatic heterocycles. The zero-order chi connectivity index (χ0) is 14.4. The van der Waals surface area contributed by atoms with E-state index in [1.807, 2.05) is 4.57 Å². The normalized spacial score (nSPS) is 31.8. The van der Waals surface area contributed by atoms with Crippen LogP contribution in [0.3, 0.4) is 0 Å². The topological polar surface area (TPSA) is 65.8 Å². The van der Waals surface area contributed by atoms with Crippen molar-refractivity contribution in [3.05, 3.63) is 22.1 Å². The second-order valence-corrected chi connectivity index (χ2v) is 5.85. The lowest BCUT2D eigenvalue weighted by atomic mass is 10.1. The van der Waals surface area contributed by atoms with Crippen LogP contribution in [-0.2, 0) is 9.47 Å². The molecule has 21 heavy (non-hydrogen) atoms. The minimum absolute atomic E-state index is 0.0187. The molecule has 7 nitrogen and oxygen atoms in total. The molecular formula is C14H19N3O4. The minimum atomic E-state index is -0.229. The molecule has 2 fully saturated rings. The maximum absolute atomic E-state index is 11.7. The Kier molecular flexibility index (Phi) is 3.20. The summed E-state index contributed by atoms with van der Waals surface area (Å²) in [4.78, 5) is 18.0. The molecule has 0 saturated carbocycles. The molecule has 1 aromatic rings. The van der Waals surface area contributed by atoms with Crippen LogP contribution >= 0.6 is 0 Å². The van der Waals surface area contributed by atoms with Gasteiger partial charge >= 0.3 is 6.01 Å². The summed E-state index contributed by atoms with van der Waals surface area (Å²) in [5.41, 5.74) is 0.383. The number of rotatable bonds is 2. The van der Waals surface area contributed by atoms with Crippen LogP contribution in [0.4, 0.5) is 0 Å². The van der Waals surface area contributed by atoms with Crippen molar-refractivity contribution in [1.29, 1.82) is 0 Å². The molecule has 2 bridgehead atoms. The van der Waals surface area contributed by atoms with E-state index in [0.29, 0.717) is 11.6 Å². The van der Waals surface area contributed by atoms with Gasteiger partial charge in [0.2, 0.25) is 0 Å². The van der Waals surface area contributed by atoms with Crippen molar-refractivity contribution >= 4 is 0 Å². The van der Waals surface area contributed by atoms with Gasteiger partial charge in [-0.15, -0.1) is 0 Å². The zero-order valence-electron chi connectivity index (χ0n) is 12.0. The first-order chi connectivity index (χ1) is 10.2. The van der Waals surface area contributed by atoms with Gasteiger partial charge in [0.25, 0.3) is 5.56 Å². The maximum Gasteiger partial charge on any atom is 0.302 e. The first-order valence-corrected chi connectivity index (χ1v) is 7.43. The number of hydrogen-bond donors (Lipinski definition) is 0. The molecule has 0 N–H and O–H groups in total. The number of aromatic nitrogens is 2. The van der Waals surface area contributed by atoms with E-state index in [1.165, 1.54) is 0 Å². The largest absolute Gasteiger partial charge is 0.458 e. The minimum Gasteiger partial charge on any atom is -0.458 e. The SMILES string of the molecule is Cc1cn2c(nc1=O)O[C@H]1C[C@@H]2O[C@@H]1CN1CCOCC1. The van der Waals surface area contributed by atoms with Crippen molar-refractivity contribution in [3.63, 3.8) is 0 Å². The third kappa shape index (κ3) is 2.35. The molecule has 0 aromatic carbocycles. The van der Waals surface area contributed by atoms with E-state index in [9.17, 15) is 4.79 Å². The van der Waals surface area contributed by atoms with Gasteiger partial charge in [0.05, 0.1) is 13.2 Å². The number of ether oxygens (including phenoxy) is 3. The molecule has 0 unspecified atom stereocenters. The second-order valence-electron chi connectivity index (χ2n) is 5.85.